The van der Waals surface area contributed by atoms with Crippen molar-refractivity contribution in [3.05, 3.63) is 34.9 Å². The van der Waals surface area contributed by atoms with Gasteiger partial charge in [-0.3, -0.25) is 10.1 Å². The van der Waals surface area contributed by atoms with Gasteiger partial charge in [-0.05, 0) is 44.2 Å². The number of aryl methyl sites for hydroxylation is 2. The number of nitrogens with one attached hydrogen (secondary N) is 2. The first-order chi connectivity index (χ1) is 11.9. The molecular weight excluding hydrogens is 320 g/mol. The Morgan fingerprint density at radius 3 is 2.60 bits per heavy atom. The molecule has 0 saturated heterocycles. The van der Waals surface area contributed by atoms with Crippen molar-refractivity contribution in [3.63, 3.8) is 0 Å². The van der Waals surface area contributed by atoms with Crippen LogP contribution in [0, 0.1) is 19.8 Å². The van der Waals surface area contributed by atoms with Crippen molar-refractivity contribution < 1.29 is 19.1 Å². The molecule has 1 aromatic rings. The number of ether oxygens (including phenoxy) is 1. The van der Waals surface area contributed by atoms with E-state index in [1.54, 1.807) is 13.0 Å². The Labute approximate surface area is 148 Å². The molecule has 2 rings (SSSR count). The summed E-state index contributed by atoms with van der Waals surface area (Å²) in [6.07, 6.45) is 4.25. The highest BCUT2D eigenvalue weighted by Gasteiger charge is 2.23. The average molecular weight is 346 g/mol. The molecule has 6 nitrogen and oxygen atoms in total. The average Bonchev–Trinajstić information content (AvgIpc) is 2.57. The fraction of sp³-hybridized carbons (Fsp3) is 0.526. The Morgan fingerprint density at radius 2 is 1.88 bits per heavy atom. The van der Waals surface area contributed by atoms with Crippen molar-refractivity contribution in [2.45, 2.75) is 52.5 Å². The van der Waals surface area contributed by atoms with Crippen molar-refractivity contribution in [1.29, 1.82) is 0 Å². The van der Waals surface area contributed by atoms with Crippen LogP contribution in [0.4, 0.5) is 4.79 Å². The second-order valence-corrected chi connectivity index (χ2v) is 6.78. The van der Waals surface area contributed by atoms with Gasteiger partial charge >= 0.3 is 12.0 Å². The van der Waals surface area contributed by atoms with E-state index in [2.05, 4.69) is 17.6 Å². The van der Waals surface area contributed by atoms with Gasteiger partial charge in [0.05, 0.1) is 5.56 Å². The summed E-state index contributed by atoms with van der Waals surface area (Å²) >= 11 is 0. The molecule has 0 heterocycles. The van der Waals surface area contributed by atoms with Crippen LogP contribution in [0.1, 0.15) is 54.1 Å². The smallest absolute Gasteiger partial charge is 0.338 e. The largest absolute Gasteiger partial charge is 0.452 e. The second kappa shape index (κ2) is 8.65. The first-order valence-corrected chi connectivity index (χ1v) is 8.71. The monoisotopic (exact) mass is 346 g/mol. The van der Waals surface area contributed by atoms with Crippen LogP contribution in [0.15, 0.2) is 18.2 Å². The highest BCUT2D eigenvalue weighted by Crippen LogP contribution is 2.23. The lowest BCUT2D eigenvalue weighted by Crippen LogP contribution is -2.48. The molecule has 1 fully saturated rings. The van der Waals surface area contributed by atoms with Crippen LogP contribution in [0.25, 0.3) is 0 Å². The SMILES string of the molecule is Cc1ccc(C)c(C(=O)OCC(=O)NC(=O)N[C@H]2CCCC[C@H]2C)c1. The number of hydrogen-bond acceptors (Lipinski definition) is 4. The third-order valence-electron chi connectivity index (χ3n) is 4.63. The molecular formula is C19H26N2O4. The molecule has 0 radical (unpaired) electrons. The van der Waals surface area contributed by atoms with E-state index in [9.17, 15) is 14.4 Å². The number of esters is 1. The zero-order chi connectivity index (χ0) is 18.4. The maximum absolute atomic E-state index is 12.1. The molecule has 0 bridgehead atoms. The van der Waals surface area contributed by atoms with Crippen molar-refractivity contribution in [2.24, 2.45) is 5.92 Å². The molecule has 1 saturated carbocycles. The summed E-state index contributed by atoms with van der Waals surface area (Å²) in [7, 11) is 0. The Bertz CT molecular complexity index is 657. The van der Waals surface area contributed by atoms with E-state index in [0.29, 0.717) is 11.5 Å². The fourth-order valence-corrected chi connectivity index (χ4v) is 3.06. The summed E-state index contributed by atoms with van der Waals surface area (Å²) in [6, 6.07) is 4.98. The summed E-state index contributed by atoms with van der Waals surface area (Å²) < 4.78 is 5.01. The number of benzene rings is 1. The lowest BCUT2D eigenvalue weighted by atomic mass is 9.86. The van der Waals surface area contributed by atoms with Gasteiger partial charge in [0.2, 0.25) is 0 Å². The van der Waals surface area contributed by atoms with Crippen LogP contribution < -0.4 is 10.6 Å². The minimum atomic E-state index is -0.639. The fourth-order valence-electron chi connectivity index (χ4n) is 3.06. The zero-order valence-corrected chi connectivity index (χ0v) is 15.1. The van der Waals surface area contributed by atoms with Crippen LogP contribution >= 0.6 is 0 Å². The number of carbonyl (C=O) groups is 3. The van der Waals surface area contributed by atoms with Gasteiger partial charge in [0.1, 0.15) is 0 Å². The Hall–Kier alpha value is -2.37. The number of hydrogen-bond donors (Lipinski definition) is 2. The van der Waals surface area contributed by atoms with E-state index >= 15 is 0 Å². The Kier molecular flexibility index (Phi) is 6.56. The molecule has 0 spiro atoms. The first kappa shape index (κ1) is 19.0. The maximum Gasteiger partial charge on any atom is 0.338 e. The highest BCUT2D eigenvalue weighted by molar-refractivity contribution is 5.97. The normalized spacial score (nSPS) is 19.8. The van der Waals surface area contributed by atoms with Crippen LogP contribution in [0.3, 0.4) is 0 Å². The topological polar surface area (TPSA) is 84.5 Å². The summed E-state index contributed by atoms with van der Waals surface area (Å²) in [4.78, 5) is 35.8. The van der Waals surface area contributed by atoms with E-state index in [4.69, 9.17) is 4.74 Å². The summed E-state index contributed by atoms with van der Waals surface area (Å²) in [5.41, 5.74) is 2.14. The summed E-state index contributed by atoms with van der Waals surface area (Å²) in [6.45, 7) is 5.28. The molecule has 1 aliphatic rings. The van der Waals surface area contributed by atoms with Gasteiger partial charge in [-0.2, -0.15) is 0 Å². The van der Waals surface area contributed by atoms with Gasteiger partial charge in [0, 0.05) is 6.04 Å². The van der Waals surface area contributed by atoms with Crippen molar-refractivity contribution in [2.75, 3.05) is 6.61 Å². The molecule has 3 amide bonds. The van der Waals surface area contributed by atoms with Gasteiger partial charge in [-0.15, -0.1) is 0 Å². The number of amides is 3. The molecule has 1 aromatic carbocycles. The second-order valence-electron chi connectivity index (χ2n) is 6.78. The van der Waals surface area contributed by atoms with Crippen molar-refractivity contribution in [1.82, 2.24) is 10.6 Å². The third-order valence-corrected chi connectivity index (χ3v) is 4.63. The van der Waals surface area contributed by atoms with Gasteiger partial charge < -0.3 is 10.1 Å². The predicted molar refractivity (Wildman–Crippen MR) is 94.3 cm³/mol. The van der Waals surface area contributed by atoms with Crippen LogP contribution in [0.5, 0.6) is 0 Å². The van der Waals surface area contributed by atoms with Crippen molar-refractivity contribution in [3.8, 4) is 0 Å². The van der Waals surface area contributed by atoms with Crippen LogP contribution in [-0.2, 0) is 9.53 Å². The minimum Gasteiger partial charge on any atom is -0.452 e. The van der Waals surface area contributed by atoms with E-state index in [-0.39, 0.29) is 6.04 Å². The van der Waals surface area contributed by atoms with Gasteiger partial charge in [-0.1, -0.05) is 37.5 Å². The quantitative estimate of drug-likeness (QED) is 0.821. The molecule has 25 heavy (non-hydrogen) atoms. The third kappa shape index (κ3) is 5.59. The number of rotatable bonds is 4. The molecule has 0 unspecified atom stereocenters. The van der Waals surface area contributed by atoms with E-state index in [0.717, 1.165) is 30.4 Å². The Morgan fingerprint density at radius 1 is 1.16 bits per heavy atom. The molecule has 0 aromatic heterocycles. The van der Waals surface area contributed by atoms with Crippen molar-refractivity contribution >= 4 is 17.9 Å². The predicted octanol–water partition coefficient (Wildman–Crippen LogP) is 2.86. The van der Waals surface area contributed by atoms with Crippen LogP contribution in [-0.4, -0.2) is 30.6 Å². The number of imide groups is 1. The molecule has 2 N–H and O–H groups in total. The molecule has 1 aliphatic carbocycles. The molecule has 136 valence electrons. The Balaban J connectivity index is 1.79. The summed E-state index contributed by atoms with van der Waals surface area (Å²) in [5, 5.41) is 5.04. The lowest BCUT2D eigenvalue weighted by molar-refractivity contribution is -0.123. The lowest BCUT2D eigenvalue weighted by Gasteiger charge is -2.29. The number of carbonyl (C=O) groups excluding carboxylic acids is 3. The van der Waals surface area contributed by atoms with E-state index < -0.39 is 24.5 Å². The standard InChI is InChI=1S/C19H26N2O4/c1-12-8-9-13(2)15(10-12)18(23)25-11-17(22)21-19(24)20-16-7-5-4-6-14(16)3/h8-10,14,16H,4-7,11H2,1-3H3,(H2,20,21,22,24)/t14-,16+/m1/s1. The van der Waals surface area contributed by atoms with Gasteiger partial charge in [0.25, 0.3) is 5.91 Å². The van der Waals surface area contributed by atoms with E-state index in [1.165, 1.54) is 6.42 Å². The summed E-state index contributed by atoms with van der Waals surface area (Å²) in [5.74, 6) is -0.811. The first-order valence-electron chi connectivity index (χ1n) is 8.71. The van der Waals surface area contributed by atoms with E-state index in [1.807, 2.05) is 19.1 Å². The van der Waals surface area contributed by atoms with Gasteiger partial charge in [-0.25, -0.2) is 9.59 Å². The van der Waals surface area contributed by atoms with Crippen LogP contribution in [0.2, 0.25) is 0 Å². The molecule has 2 atom stereocenters. The maximum atomic E-state index is 12.1. The molecule has 6 heteroatoms. The minimum absolute atomic E-state index is 0.0824. The molecule has 0 aliphatic heterocycles. The number of urea groups is 1. The highest BCUT2D eigenvalue weighted by atomic mass is 16.5. The zero-order valence-electron chi connectivity index (χ0n) is 15.1. The van der Waals surface area contributed by atoms with Gasteiger partial charge in [0.15, 0.2) is 6.61 Å².